The van der Waals surface area contributed by atoms with E-state index >= 15 is 0 Å². The topological polar surface area (TPSA) is 35.2 Å². The number of ether oxygens (including phenoxy) is 1. The molecule has 18 heavy (non-hydrogen) atoms. The Labute approximate surface area is 118 Å². The molecule has 1 aliphatic rings. The smallest absolute Gasteiger partial charge is 0.0951 e. The molecule has 100 valence electrons. The molecule has 0 spiro atoms. The van der Waals surface area contributed by atoms with E-state index in [4.69, 9.17) is 10.5 Å². The average Bonchev–Trinajstić information content (AvgIpc) is 2.64. The lowest BCUT2D eigenvalue weighted by Gasteiger charge is -2.23. The summed E-state index contributed by atoms with van der Waals surface area (Å²) in [6.07, 6.45) is 8.08. The van der Waals surface area contributed by atoms with Gasteiger partial charge in [-0.15, -0.1) is 0 Å². The molecule has 1 unspecified atom stereocenters. The minimum absolute atomic E-state index is 0.0330. The van der Waals surface area contributed by atoms with Crippen LogP contribution < -0.4 is 5.73 Å². The Hall–Kier alpha value is -0.380. The zero-order valence-corrected chi connectivity index (χ0v) is 12.4. The van der Waals surface area contributed by atoms with Crippen LogP contribution in [-0.4, -0.2) is 12.6 Å². The van der Waals surface area contributed by atoms with Gasteiger partial charge in [-0.3, -0.25) is 0 Å². The average molecular weight is 312 g/mol. The number of rotatable bonds is 4. The molecule has 1 aromatic rings. The predicted octanol–water partition coefficient (Wildman–Crippen LogP) is 4.19. The van der Waals surface area contributed by atoms with Gasteiger partial charge in [0.2, 0.25) is 0 Å². The Bertz CT molecular complexity index is 361. The molecule has 1 aromatic carbocycles. The van der Waals surface area contributed by atoms with Crippen molar-refractivity contribution in [2.45, 2.75) is 50.7 Å². The summed E-state index contributed by atoms with van der Waals surface area (Å²) in [6.45, 7) is 0.549. The molecule has 0 heterocycles. The lowest BCUT2D eigenvalue weighted by atomic mass is 10.1. The van der Waals surface area contributed by atoms with Crippen molar-refractivity contribution in [2.24, 2.45) is 5.73 Å². The largest absolute Gasteiger partial charge is 0.369 e. The Morgan fingerprint density at radius 3 is 2.56 bits per heavy atom. The summed E-state index contributed by atoms with van der Waals surface area (Å²) < 4.78 is 7.30. The van der Waals surface area contributed by atoms with Crippen LogP contribution in [0.4, 0.5) is 0 Å². The molecule has 0 saturated heterocycles. The highest BCUT2D eigenvalue weighted by molar-refractivity contribution is 9.10. The molecule has 0 aliphatic heterocycles. The highest BCUT2D eigenvalue weighted by Gasteiger charge is 2.18. The fraction of sp³-hybridized carbons (Fsp3) is 0.600. The first-order chi connectivity index (χ1) is 8.79. The van der Waals surface area contributed by atoms with E-state index in [9.17, 15) is 0 Å². The molecule has 3 heteroatoms. The Kier molecular flexibility index (Phi) is 5.67. The van der Waals surface area contributed by atoms with Crippen molar-refractivity contribution in [1.29, 1.82) is 0 Å². The zero-order valence-electron chi connectivity index (χ0n) is 10.8. The van der Waals surface area contributed by atoms with E-state index in [2.05, 4.69) is 28.1 Å². The number of halogens is 1. The van der Waals surface area contributed by atoms with Crippen molar-refractivity contribution in [3.8, 4) is 0 Å². The zero-order chi connectivity index (χ0) is 12.8. The number of nitrogens with two attached hydrogens (primary N) is 1. The normalized spacial score (nSPS) is 19.4. The van der Waals surface area contributed by atoms with Crippen LogP contribution in [0.2, 0.25) is 0 Å². The molecule has 0 radical (unpaired) electrons. The van der Waals surface area contributed by atoms with Gasteiger partial charge < -0.3 is 10.5 Å². The molecule has 0 amide bonds. The fourth-order valence-corrected chi connectivity index (χ4v) is 3.00. The van der Waals surface area contributed by atoms with Crippen LogP contribution in [0, 0.1) is 0 Å². The second-order valence-electron chi connectivity index (χ2n) is 5.03. The Balaban J connectivity index is 1.99. The molecule has 0 bridgehead atoms. The summed E-state index contributed by atoms with van der Waals surface area (Å²) in [5.41, 5.74) is 7.05. The molecule has 1 aliphatic carbocycles. The molecule has 1 atom stereocenters. The summed E-state index contributed by atoms with van der Waals surface area (Å²) in [7, 11) is 0. The molecule has 2 rings (SSSR count). The Morgan fingerprint density at radius 2 is 1.94 bits per heavy atom. The molecule has 2 nitrogen and oxygen atoms in total. The van der Waals surface area contributed by atoms with Crippen molar-refractivity contribution < 1.29 is 4.74 Å². The number of hydrogen-bond acceptors (Lipinski definition) is 2. The molecular weight excluding hydrogens is 290 g/mol. The fourth-order valence-electron chi connectivity index (χ4n) is 2.59. The minimum Gasteiger partial charge on any atom is -0.369 e. The van der Waals surface area contributed by atoms with E-state index in [0.29, 0.717) is 12.6 Å². The van der Waals surface area contributed by atoms with E-state index in [0.717, 1.165) is 4.47 Å². The molecule has 1 saturated carbocycles. The third kappa shape index (κ3) is 4.08. The lowest BCUT2D eigenvalue weighted by molar-refractivity contribution is -0.0161. The first-order valence-corrected chi connectivity index (χ1v) is 7.70. The van der Waals surface area contributed by atoms with E-state index in [-0.39, 0.29) is 6.10 Å². The van der Waals surface area contributed by atoms with Crippen LogP contribution in [0.3, 0.4) is 0 Å². The highest BCUT2D eigenvalue weighted by Crippen LogP contribution is 2.27. The van der Waals surface area contributed by atoms with E-state index in [1.54, 1.807) is 0 Å². The van der Waals surface area contributed by atoms with Gasteiger partial charge in [0.25, 0.3) is 0 Å². The molecular formula is C15H22BrNO. The maximum absolute atomic E-state index is 6.22. The van der Waals surface area contributed by atoms with Gasteiger partial charge in [0.05, 0.1) is 12.2 Å². The van der Waals surface area contributed by atoms with Crippen LogP contribution >= 0.6 is 15.9 Å². The first kappa shape index (κ1) is 14.0. The lowest BCUT2D eigenvalue weighted by Crippen LogP contribution is -2.22. The van der Waals surface area contributed by atoms with Crippen molar-refractivity contribution in [2.75, 3.05) is 6.54 Å². The van der Waals surface area contributed by atoms with Crippen LogP contribution in [0.1, 0.15) is 50.2 Å². The van der Waals surface area contributed by atoms with Crippen LogP contribution in [-0.2, 0) is 4.74 Å². The summed E-state index contributed by atoms with van der Waals surface area (Å²) in [4.78, 5) is 0. The van der Waals surface area contributed by atoms with Crippen molar-refractivity contribution >= 4 is 15.9 Å². The molecule has 0 aromatic heterocycles. The van der Waals surface area contributed by atoms with Crippen molar-refractivity contribution in [3.63, 3.8) is 0 Å². The highest BCUT2D eigenvalue weighted by atomic mass is 79.9. The monoisotopic (exact) mass is 311 g/mol. The predicted molar refractivity (Wildman–Crippen MR) is 78.5 cm³/mol. The van der Waals surface area contributed by atoms with Gasteiger partial charge in [-0.25, -0.2) is 0 Å². The number of benzene rings is 1. The van der Waals surface area contributed by atoms with E-state index in [1.165, 1.54) is 44.1 Å². The summed E-state index contributed by atoms with van der Waals surface area (Å²) in [5, 5.41) is 0. The third-order valence-electron chi connectivity index (χ3n) is 3.59. The second-order valence-corrected chi connectivity index (χ2v) is 5.94. The first-order valence-electron chi connectivity index (χ1n) is 6.90. The maximum atomic E-state index is 6.22. The van der Waals surface area contributed by atoms with Crippen LogP contribution in [0.15, 0.2) is 28.7 Å². The van der Waals surface area contributed by atoms with Gasteiger partial charge in [-0.05, 0) is 30.5 Å². The second kappa shape index (κ2) is 7.27. The Morgan fingerprint density at radius 1 is 1.22 bits per heavy atom. The van der Waals surface area contributed by atoms with E-state index in [1.807, 2.05) is 12.1 Å². The summed E-state index contributed by atoms with van der Waals surface area (Å²) in [6, 6.07) is 8.27. The SMILES string of the molecule is NCC(OC1CCCCCC1)c1cccc(Br)c1. The molecule has 2 N–H and O–H groups in total. The van der Waals surface area contributed by atoms with Gasteiger partial charge >= 0.3 is 0 Å². The van der Waals surface area contributed by atoms with Gasteiger partial charge in [0, 0.05) is 11.0 Å². The van der Waals surface area contributed by atoms with Gasteiger partial charge in [0.1, 0.15) is 0 Å². The van der Waals surface area contributed by atoms with Crippen molar-refractivity contribution in [3.05, 3.63) is 34.3 Å². The van der Waals surface area contributed by atoms with Crippen LogP contribution in [0.5, 0.6) is 0 Å². The standard InChI is InChI=1S/C15H22BrNO/c16-13-7-5-6-12(10-13)15(11-17)18-14-8-3-1-2-4-9-14/h5-7,10,14-15H,1-4,8-9,11,17H2. The minimum atomic E-state index is 0.0330. The molecule has 1 fully saturated rings. The summed E-state index contributed by atoms with van der Waals surface area (Å²) in [5.74, 6) is 0. The quantitative estimate of drug-likeness (QED) is 0.846. The third-order valence-corrected chi connectivity index (χ3v) is 4.09. The summed E-state index contributed by atoms with van der Waals surface area (Å²) >= 11 is 3.50. The van der Waals surface area contributed by atoms with Gasteiger partial charge in [-0.1, -0.05) is 53.7 Å². The van der Waals surface area contributed by atoms with Crippen molar-refractivity contribution in [1.82, 2.24) is 0 Å². The maximum Gasteiger partial charge on any atom is 0.0951 e. The van der Waals surface area contributed by atoms with E-state index < -0.39 is 0 Å². The van der Waals surface area contributed by atoms with Gasteiger partial charge in [-0.2, -0.15) is 0 Å². The van der Waals surface area contributed by atoms with Crippen LogP contribution in [0.25, 0.3) is 0 Å². The number of hydrogen-bond donors (Lipinski definition) is 1. The van der Waals surface area contributed by atoms with Gasteiger partial charge in [0.15, 0.2) is 0 Å².